The second-order valence-electron chi connectivity index (χ2n) is 4.28. The van der Waals surface area contributed by atoms with Gasteiger partial charge in [-0.1, -0.05) is 12.2 Å². The number of likely N-dealkylation sites (N-methyl/N-ethyl adjacent to an activating group) is 1. The first kappa shape index (κ1) is 11.9. The van der Waals surface area contributed by atoms with Crippen LogP contribution in [0, 0.1) is 0 Å². The van der Waals surface area contributed by atoms with E-state index in [2.05, 4.69) is 23.9 Å². The van der Waals surface area contributed by atoms with E-state index in [1.807, 2.05) is 0 Å². The van der Waals surface area contributed by atoms with E-state index >= 15 is 0 Å². The summed E-state index contributed by atoms with van der Waals surface area (Å²) in [6.07, 6.45) is 3.46. The molecule has 0 amide bonds. The van der Waals surface area contributed by atoms with Crippen molar-refractivity contribution >= 4 is 17.2 Å². The van der Waals surface area contributed by atoms with Gasteiger partial charge in [0.1, 0.15) is 0 Å². The summed E-state index contributed by atoms with van der Waals surface area (Å²) < 4.78 is 0. The fraction of sp³-hybridized carbons (Fsp3) is 0.900. The highest BCUT2D eigenvalue weighted by Crippen LogP contribution is 2.13. The van der Waals surface area contributed by atoms with Gasteiger partial charge in [0, 0.05) is 25.6 Å². The van der Waals surface area contributed by atoms with Crippen LogP contribution in [0.2, 0.25) is 0 Å². The number of hydrogen-bond acceptors (Lipinski definition) is 3. The van der Waals surface area contributed by atoms with Gasteiger partial charge in [-0.25, -0.2) is 0 Å². The molecule has 0 radical (unpaired) electrons. The van der Waals surface area contributed by atoms with Crippen molar-refractivity contribution in [2.24, 2.45) is 5.73 Å². The predicted molar refractivity (Wildman–Crippen MR) is 64.6 cm³/mol. The summed E-state index contributed by atoms with van der Waals surface area (Å²) in [6.45, 7) is 3.39. The number of rotatable bonds is 4. The molecule has 1 rings (SSSR count). The van der Waals surface area contributed by atoms with Crippen molar-refractivity contribution in [1.82, 2.24) is 9.80 Å². The Morgan fingerprint density at radius 1 is 1.57 bits per heavy atom. The Kier molecular flexibility index (Phi) is 4.78. The molecule has 1 aliphatic heterocycles. The van der Waals surface area contributed by atoms with Gasteiger partial charge in [0.2, 0.25) is 0 Å². The molecule has 1 heterocycles. The van der Waals surface area contributed by atoms with E-state index in [9.17, 15) is 0 Å². The van der Waals surface area contributed by atoms with Crippen molar-refractivity contribution in [2.75, 3.05) is 33.7 Å². The maximum Gasteiger partial charge on any atom is 0.0740 e. The molecule has 4 heteroatoms. The molecule has 82 valence electrons. The lowest BCUT2D eigenvalue weighted by molar-refractivity contribution is 0.136. The van der Waals surface area contributed by atoms with Gasteiger partial charge in [0.25, 0.3) is 0 Å². The van der Waals surface area contributed by atoms with Crippen LogP contribution in [0.15, 0.2) is 0 Å². The highest BCUT2D eigenvalue weighted by atomic mass is 32.1. The molecule has 1 aliphatic rings. The topological polar surface area (TPSA) is 32.5 Å². The zero-order chi connectivity index (χ0) is 10.6. The zero-order valence-corrected chi connectivity index (χ0v) is 10.0. The molecule has 1 unspecified atom stereocenters. The van der Waals surface area contributed by atoms with Crippen LogP contribution in [0.1, 0.15) is 19.3 Å². The molecular formula is C10H21N3S. The molecule has 0 bridgehead atoms. The van der Waals surface area contributed by atoms with Crippen LogP contribution < -0.4 is 5.73 Å². The van der Waals surface area contributed by atoms with Gasteiger partial charge in [-0.05, 0) is 33.5 Å². The summed E-state index contributed by atoms with van der Waals surface area (Å²) in [5, 5.41) is 0. The third-order valence-corrected chi connectivity index (χ3v) is 3.09. The van der Waals surface area contributed by atoms with Gasteiger partial charge in [-0.3, -0.25) is 0 Å². The van der Waals surface area contributed by atoms with Crippen molar-refractivity contribution in [2.45, 2.75) is 25.3 Å². The average molecular weight is 215 g/mol. The molecule has 0 aliphatic carbocycles. The van der Waals surface area contributed by atoms with Crippen LogP contribution in [-0.2, 0) is 0 Å². The third-order valence-electron chi connectivity index (χ3n) is 2.89. The lowest BCUT2D eigenvalue weighted by Crippen LogP contribution is -2.45. The van der Waals surface area contributed by atoms with Crippen molar-refractivity contribution < 1.29 is 0 Å². The van der Waals surface area contributed by atoms with Crippen LogP contribution in [0.25, 0.3) is 0 Å². The molecule has 0 aromatic carbocycles. The van der Waals surface area contributed by atoms with E-state index in [-0.39, 0.29) is 0 Å². The minimum atomic E-state index is 0.636. The lowest BCUT2D eigenvalue weighted by Gasteiger charge is -2.36. The Balaban J connectivity index is 2.29. The fourth-order valence-corrected chi connectivity index (χ4v) is 2.02. The van der Waals surface area contributed by atoms with E-state index in [4.69, 9.17) is 18.0 Å². The highest BCUT2D eigenvalue weighted by Gasteiger charge is 2.20. The van der Waals surface area contributed by atoms with Gasteiger partial charge >= 0.3 is 0 Å². The second kappa shape index (κ2) is 5.63. The van der Waals surface area contributed by atoms with Crippen molar-refractivity contribution in [1.29, 1.82) is 0 Å². The summed E-state index contributed by atoms with van der Waals surface area (Å²) in [4.78, 5) is 5.41. The monoisotopic (exact) mass is 215 g/mol. The summed E-state index contributed by atoms with van der Waals surface area (Å²) in [7, 11) is 4.31. The number of nitrogens with zero attached hydrogens (tertiary/aromatic N) is 2. The Hall–Kier alpha value is -0.190. The quantitative estimate of drug-likeness (QED) is 0.699. The summed E-state index contributed by atoms with van der Waals surface area (Å²) in [6, 6.07) is 0.704. The lowest BCUT2D eigenvalue weighted by atomic mass is 10.0. The number of thiocarbonyl (C=S) groups is 1. The summed E-state index contributed by atoms with van der Waals surface area (Å²) in [5.74, 6) is 0. The predicted octanol–water partition coefficient (Wildman–Crippen LogP) is 0.689. The van der Waals surface area contributed by atoms with E-state index < -0.39 is 0 Å². The Bertz CT molecular complexity index is 194. The first-order chi connectivity index (χ1) is 6.59. The molecular weight excluding hydrogens is 194 g/mol. The average Bonchev–Trinajstić information content (AvgIpc) is 2.15. The standard InChI is InChI=1S/C10H21N3S/c1-12(2)9-4-3-6-13(8-9)7-5-10(11)14/h9H,3-8H2,1-2H3,(H2,11,14). The molecule has 0 spiro atoms. The van der Waals surface area contributed by atoms with Crippen LogP contribution in [0.5, 0.6) is 0 Å². The van der Waals surface area contributed by atoms with Gasteiger partial charge in [0.15, 0.2) is 0 Å². The zero-order valence-electron chi connectivity index (χ0n) is 9.20. The molecule has 3 nitrogen and oxygen atoms in total. The van der Waals surface area contributed by atoms with Crippen LogP contribution in [0.3, 0.4) is 0 Å². The maximum absolute atomic E-state index is 5.50. The molecule has 2 N–H and O–H groups in total. The first-order valence-electron chi connectivity index (χ1n) is 5.26. The van der Waals surface area contributed by atoms with E-state index in [0.29, 0.717) is 11.0 Å². The normalized spacial score (nSPS) is 24.1. The van der Waals surface area contributed by atoms with Crippen molar-refractivity contribution in [3.63, 3.8) is 0 Å². The van der Waals surface area contributed by atoms with Gasteiger partial charge in [-0.2, -0.15) is 0 Å². The van der Waals surface area contributed by atoms with E-state index in [0.717, 1.165) is 19.5 Å². The van der Waals surface area contributed by atoms with Crippen molar-refractivity contribution in [3.8, 4) is 0 Å². The maximum atomic E-state index is 5.50. The van der Waals surface area contributed by atoms with Crippen LogP contribution in [-0.4, -0.2) is 54.6 Å². The van der Waals surface area contributed by atoms with E-state index in [1.165, 1.54) is 19.4 Å². The Morgan fingerprint density at radius 3 is 2.86 bits per heavy atom. The van der Waals surface area contributed by atoms with Crippen molar-refractivity contribution in [3.05, 3.63) is 0 Å². The van der Waals surface area contributed by atoms with E-state index in [1.54, 1.807) is 0 Å². The molecule has 1 atom stereocenters. The number of piperidine rings is 1. The molecule has 14 heavy (non-hydrogen) atoms. The molecule has 0 aromatic heterocycles. The Morgan fingerprint density at radius 2 is 2.29 bits per heavy atom. The SMILES string of the molecule is CN(C)C1CCCN(CCC(N)=S)C1. The Labute approximate surface area is 92.2 Å². The van der Waals surface area contributed by atoms with Gasteiger partial charge in [-0.15, -0.1) is 0 Å². The number of likely N-dealkylation sites (tertiary alicyclic amines) is 1. The molecule has 1 fully saturated rings. The smallest absolute Gasteiger partial charge is 0.0740 e. The number of hydrogen-bond donors (Lipinski definition) is 1. The van der Waals surface area contributed by atoms with Gasteiger partial charge in [0.05, 0.1) is 4.99 Å². The molecule has 1 saturated heterocycles. The molecule has 0 aromatic rings. The number of nitrogens with two attached hydrogens (primary N) is 1. The minimum absolute atomic E-state index is 0.636. The van der Waals surface area contributed by atoms with Crippen LogP contribution >= 0.6 is 12.2 Å². The first-order valence-corrected chi connectivity index (χ1v) is 5.67. The largest absolute Gasteiger partial charge is 0.393 e. The summed E-state index contributed by atoms with van der Waals surface area (Å²) in [5.41, 5.74) is 5.50. The third kappa shape index (κ3) is 3.90. The molecule has 0 saturated carbocycles. The summed E-state index contributed by atoms with van der Waals surface area (Å²) >= 11 is 4.89. The highest BCUT2D eigenvalue weighted by molar-refractivity contribution is 7.80. The van der Waals surface area contributed by atoms with Gasteiger partial charge < -0.3 is 15.5 Å². The second-order valence-corrected chi connectivity index (χ2v) is 4.80. The van der Waals surface area contributed by atoms with Crippen LogP contribution in [0.4, 0.5) is 0 Å². The fourth-order valence-electron chi connectivity index (χ4n) is 1.92. The minimum Gasteiger partial charge on any atom is -0.393 e.